The Morgan fingerprint density at radius 1 is 1.13 bits per heavy atom. The van der Waals surface area contributed by atoms with Crippen molar-refractivity contribution in [1.29, 1.82) is 0 Å². The number of benzene rings is 2. The summed E-state index contributed by atoms with van der Waals surface area (Å²) >= 11 is 1.53. The summed E-state index contributed by atoms with van der Waals surface area (Å²) in [5.74, 6) is 1.92. The van der Waals surface area contributed by atoms with Crippen molar-refractivity contribution in [2.24, 2.45) is 0 Å². The summed E-state index contributed by atoms with van der Waals surface area (Å²) < 4.78 is 11.1. The van der Waals surface area contributed by atoms with Gasteiger partial charge in [-0.25, -0.2) is 0 Å². The molecule has 2 aromatic rings. The minimum Gasteiger partial charge on any atom is -0.486 e. The fourth-order valence-electron chi connectivity index (χ4n) is 2.36. The van der Waals surface area contributed by atoms with Crippen LogP contribution in [0.25, 0.3) is 0 Å². The van der Waals surface area contributed by atoms with Gasteiger partial charge in [0, 0.05) is 4.90 Å². The Hall–Kier alpha value is -2.14. The lowest BCUT2D eigenvalue weighted by atomic mass is 10.1. The number of thioether (sulfide) groups is 1. The fourth-order valence-corrected chi connectivity index (χ4v) is 3.09. The molecule has 120 valence electrons. The van der Waals surface area contributed by atoms with Crippen molar-refractivity contribution in [3.63, 3.8) is 0 Å². The van der Waals surface area contributed by atoms with Crippen LogP contribution in [0, 0.1) is 0 Å². The molecular formula is C18H19NO3S. The molecule has 0 bridgehead atoms. The Bertz CT molecular complexity index is 675. The predicted octanol–water partition coefficient (Wildman–Crippen LogP) is 3.43. The largest absolute Gasteiger partial charge is 0.486 e. The SMILES string of the molecule is C[C@@H](NC(=O)CSc1ccccc1)c1ccc2c(c1)OCCO2. The normalized spacial score (nSPS) is 14.1. The highest BCUT2D eigenvalue weighted by Gasteiger charge is 2.15. The van der Waals surface area contributed by atoms with E-state index in [9.17, 15) is 4.79 Å². The second-order valence-electron chi connectivity index (χ2n) is 5.29. The molecular weight excluding hydrogens is 310 g/mol. The van der Waals surface area contributed by atoms with E-state index in [1.165, 1.54) is 11.8 Å². The van der Waals surface area contributed by atoms with Crippen molar-refractivity contribution in [2.45, 2.75) is 17.9 Å². The summed E-state index contributed by atoms with van der Waals surface area (Å²) in [5.41, 5.74) is 1.01. The van der Waals surface area contributed by atoms with Crippen molar-refractivity contribution in [3.05, 3.63) is 54.1 Å². The summed E-state index contributed by atoms with van der Waals surface area (Å²) in [5, 5.41) is 3.02. The molecule has 23 heavy (non-hydrogen) atoms. The molecule has 1 atom stereocenters. The molecule has 1 aliphatic heterocycles. The van der Waals surface area contributed by atoms with Crippen LogP contribution in [-0.2, 0) is 4.79 Å². The summed E-state index contributed by atoms with van der Waals surface area (Å²) in [6, 6.07) is 15.6. The molecule has 0 aliphatic carbocycles. The minimum atomic E-state index is -0.0744. The number of carbonyl (C=O) groups is 1. The van der Waals surface area contributed by atoms with E-state index in [1.54, 1.807) is 0 Å². The van der Waals surface area contributed by atoms with Gasteiger partial charge in [-0.05, 0) is 36.8 Å². The number of rotatable bonds is 5. The fraction of sp³-hybridized carbons (Fsp3) is 0.278. The topological polar surface area (TPSA) is 47.6 Å². The van der Waals surface area contributed by atoms with E-state index >= 15 is 0 Å². The second kappa shape index (κ2) is 7.42. The third kappa shape index (κ3) is 4.20. The number of ether oxygens (including phenoxy) is 2. The first-order valence-corrected chi connectivity index (χ1v) is 8.58. The molecule has 0 spiro atoms. The van der Waals surface area contributed by atoms with Crippen LogP contribution in [0.15, 0.2) is 53.4 Å². The van der Waals surface area contributed by atoms with Gasteiger partial charge in [0.15, 0.2) is 11.5 Å². The van der Waals surface area contributed by atoms with E-state index in [1.807, 2.05) is 55.5 Å². The summed E-state index contributed by atoms with van der Waals surface area (Å²) in [6.45, 7) is 3.11. The predicted molar refractivity (Wildman–Crippen MR) is 91.2 cm³/mol. The van der Waals surface area contributed by atoms with Crippen molar-refractivity contribution in [2.75, 3.05) is 19.0 Å². The lowest BCUT2D eigenvalue weighted by molar-refractivity contribution is -0.119. The Morgan fingerprint density at radius 2 is 1.87 bits per heavy atom. The van der Waals surface area contributed by atoms with Crippen molar-refractivity contribution < 1.29 is 14.3 Å². The zero-order valence-corrected chi connectivity index (χ0v) is 13.8. The van der Waals surface area contributed by atoms with Gasteiger partial charge in [-0.2, -0.15) is 0 Å². The van der Waals surface area contributed by atoms with E-state index in [0.717, 1.165) is 22.0 Å². The van der Waals surface area contributed by atoms with Gasteiger partial charge in [-0.15, -0.1) is 11.8 Å². The van der Waals surface area contributed by atoms with Crippen molar-refractivity contribution in [3.8, 4) is 11.5 Å². The van der Waals surface area contributed by atoms with Gasteiger partial charge in [-0.1, -0.05) is 24.3 Å². The maximum atomic E-state index is 12.1. The maximum Gasteiger partial charge on any atom is 0.230 e. The van der Waals surface area contributed by atoms with Gasteiger partial charge >= 0.3 is 0 Å². The number of carbonyl (C=O) groups excluding carboxylic acids is 1. The van der Waals surface area contributed by atoms with Gasteiger partial charge in [0.05, 0.1) is 11.8 Å². The van der Waals surface area contributed by atoms with Crippen LogP contribution in [-0.4, -0.2) is 24.9 Å². The van der Waals surface area contributed by atoms with Crippen LogP contribution >= 0.6 is 11.8 Å². The van der Waals surface area contributed by atoms with Gasteiger partial charge < -0.3 is 14.8 Å². The highest BCUT2D eigenvalue weighted by Crippen LogP contribution is 2.32. The van der Waals surface area contributed by atoms with Crippen LogP contribution in [0.5, 0.6) is 11.5 Å². The highest BCUT2D eigenvalue weighted by atomic mass is 32.2. The maximum absolute atomic E-state index is 12.1. The third-order valence-corrected chi connectivity index (χ3v) is 4.57. The first kappa shape index (κ1) is 15.7. The molecule has 0 saturated heterocycles. The molecule has 1 aliphatic rings. The average molecular weight is 329 g/mol. The molecule has 0 saturated carbocycles. The molecule has 0 fully saturated rings. The Morgan fingerprint density at radius 3 is 2.65 bits per heavy atom. The van der Waals surface area contributed by atoms with E-state index < -0.39 is 0 Å². The smallest absolute Gasteiger partial charge is 0.230 e. The van der Waals surface area contributed by atoms with Gasteiger partial charge in [0.25, 0.3) is 0 Å². The molecule has 1 amide bonds. The molecule has 3 rings (SSSR count). The summed E-state index contributed by atoms with van der Waals surface area (Å²) in [7, 11) is 0. The standard InChI is InChI=1S/C18H19NO3S/c1-13(14-7-8-16-17(11-14)22-10-9-21-16)19-18(20)12-23-15-5-3-2-4-6-15/h2-8,11,13H,9-10,12H2,1H3,(H,19,20)/t13-/m1/s1. The molecule has 4 nitrogen and oxygen atoms in total. The highest BCUT2D eigenvalue weighted by molar-refractivity contribution is 8.00. The van der Waals surface area contributed by atoms with E-state index in [-0.39, 0.29) is 11.9 Å². The Labute approximate surface area is 140 Å². The number of fused-ring (bicyclic) bond motifs is 1. The van der Waals surface area contributed by atoms with Crippen molar-refractivity contribution in [1.82, 2.24) is 5.32 Å². The zero-order chi connectivity index (χ0) is 16.1. The number of hydrogen-bond acceptors (Lipinski definition) is 4. The Kier molecular flexibility index (Phi) is 5.08. The van der Waals surface area contributed by atoms with Gasteiger partial charge in [-0.3, -0.25) is 4.79 Å². The molecule has 5 heteroatoms. The van der Waals surface area contributed by atoms with E-state index in [4.69, 9.17) is 9.47 Å². The first-order chi connectivity index (χ1) is 11.2. The molecule has 0 radical (unpaired) electrons. The van der Waals surface area contributed by atoms with Crippen molar-refractivity contribution >= 4 is 17.7 Å². The Balaban J connectivity index is 1.56. The number of amides is 1. The molecule has 2 aromatic carbocycles. The lowest BCUT2D eigenvalue weighted by Gasteiger charge is -2.21. The van der Waals surface area contributed by atoms with E-state index in [2.05, 4.69) is 5.32 Å². The number of hydrogen-bond donors (Lipinski definition) is 1. The molecule has 1 N–H and O–H groups in total. The van der Waals surface area contributed by atoms with Gasteiger partial charge in [0.2, 0.25) is 5.91 Å². The van der Waals surface area contributed by atoms with Crippen LogP contribution in [0.2, 0.25) is 0 Å². The molecule has 0 unspecified atom stereocenters. The van der Waals surface area contributed by atoms with Crippen LogP contribution in [0.1, 0.15) is 18.5 Å². The third-order valence-electron chi connectivity index (χ3n) is 3.56. The quantitative estimate of drug-likeness (QED) is 0.854. The van der Waals surface area contributed by atoms with Gasteiger partial charge in [0.1, 0.15) is 13.2 Å². The summed E-state index contributed by atoms with van der Waals surface area (Å²) in [6.07, 6.45) is 0. The van der Waals surface area contributed by atoms with E-state index in [0.29, 0.717) is 19.0 Å². The molecule has 0 aromatic heterocycles. The number of nitrogens with one attached hydrogen (secondary N) is 1. The second-order valence-corrected chi connectivity index (χ2v) is 6.34. The van der Waals surface area contributed by atoms with Crippen LogP contribution in [0.4, 0.5) is 0 Å². The monoisotopic (exact) mass is 329 g/mol. The van der Waals surface area contributed by atoms with Crippen LogP contribution < -0.4 is 14.8 Å². The first-order valence-electron chi connectivity index (χ1n) is 7.59. The lowest BCUT2D eigenvalue weighted by Crippen LogP contribution is -2.28. The minimum absolute atomic E-state index is 0.0150. The van der Waals surface area contributed by atoms with Crippen LogP contribution in [0.3, 0.4) is 0 Å². The molecule has 1 heterocycles. The summed E-state index contributed by atoms with van der Waals surface area (Å²) in [4.78, 5) is 13.2. The zero-order valence-electron chi connectivity index (χ0n) is 13.0. The average Bonchev–Trinajstić information content (AvgIpc) is 2.60.